The summed E-state index contributed by atoms with van der Waals surface area (Å²) >= 11 is 0. The van der Waals surface area contributed by atoms with Crippen LogP contribution in [0.15, 0.2) is 18.2 Å². The Labute approximate surface area is 106 Å². The largest absolute Gasteiger partial charge is 0.369 e. The van der Waals surface area contributed by atoms with E-state index in [0.29, 0.717) is 11.9 Å². The molecule has 0 saturated heterocycles. The third-order valence-electron chi connectivity index (χ3n) is 3.91. The van der Waals surface area contributed by atoms with E-state index in [1.807, 2.05) is 4.57 Å². The molecule has 2 N–H and O–H groups in total. The van der Waals surface area contributed by atoms with Crippen molar-refractivity contribution in [1.82, 2.24) is 9.55 Å². The predicted octanol–water partition coefficient (Wildman–Crippen LogP) is 3.34. The van der Waals surface area contributed by atoms with Gasteiger partial charge in [-0.05, 0) is 37.0 Å². The first-order chi connectivity index (χ1) is 8.74. The van der Waals surface area contributed by atoms with E-state index < -0.39 is 0 Å². The number of nitrogens with two attached hydrogens (primary N) is 1. The number of rotatable bonds is 2. The van der Waals surface area contributed by atoms with Crippen LogP contribution in [0.2, 0.25) is 0 Å². The highest BCUT2D eigenvalue weighted by Crippen LogP contribution is 2.28. The van der Waals surface area contributed by atoms with Gasteiger partial charge in [-0.1, -0.05) is 19.3 Å². The van der Waals surface area contributed by atoms with E-state index in [1.54, 1.807) is 6.07 Å². The Morgan fingerprint density at radius 2 is 2.06 bits per heavy atom. The van der Waals surface area contributed by atoms with E-state index in [0.717, 1.165) is 17.6 Å². The van der Waals surface area contributed by atoms with Crippen LogP contribution in [0.5, 0.6) is 0 Å². The van der Waals surface area contributed by atoms with Gasteiger partial charge in [0.1, 0.15) is 5.82 Å². The molecule has 0 amide bonds. The molecule has 1 aliphatic carbocycles. The molecule has 1 heterocycles. The third-order valence-corrected chi connectivity index (χ3v) is 3.91. The number of halogens is 1. The molecule has 96 valence electrons. The Morgan fingerprint density at radius 1 is 1.28 bits per heavy atom. The summed E-state index contributed by atoms with van der Waals surface area (Å²) in [6.45, 7) is 0.867. The van der Waals surface area contributed by atoms with Gasteiger partial charge in [0.05, 0.1) is 11.0 Å². The molecule has 3 rings (SSSR count). The van der Waals surface area contributed by atoms with Gasteiger partial charge in [0, 0.05) is 6.54 Å². The lowest BCUT2D eigenvalue weighted by atomic mass is 9.89. The number of benzene rings is 1. The molecule has 1 aliphatic rings. The number of hydrogen-bond donors (Lipinski definition) is 1. The van der Waals surface area contributed by atoms with Crippen molar-refractivity contribution in [2.75, 3.05) is 5.73 Å². The topological polar surface area (TPSA) is 43.8 Å². The van der Waals surface area contributed by atoms with Crippen LogP contribution in [0, 0.1) is 11.7 Å². The van der Waals surface area contributed by atoms with Crippen molar-refractivity contribution in [1.29, 1.82) is 0 Å². The molecule has 2 aromatic rings. The molecule has 0 bridgehead atoms. The summed E-state index contributed by atoms with van der Waals surface area (Å²) in [4.78, 5) is 4.29. The minimum Gasteiger partial charge on any atom is -0.369 e. The molecule has 1 aromatic heterocycles. The molecular weight excluding hydrogens is 229 g/mol. The Kier molecular flexibility index (Phi) is 2.94. The number of nitrogen functional groups attached to an aromatic ring is 1. The van der Waals surface area contributed by atoms with Crippen LogP contribution in [0.3, 0.4) is 0 Å². The van der Waals surface area contributed by atoms with Crippen molar-refractivity contribution < 1.29 is 4.39 Å². The first-order valence-electron chi connectivity index (χ1n) is 6.65. The second-order valence-electron chi connectivity index (χ2n) is 5.22. The smallest absolute Gasteiger partial charge is 0.201 e. The van der Waals surface area contributed by atoms with Gasteiger partial charge in [0.15, 0.2) is 0 Å². The summed E-state index contributed by atoms with van der Waals surface area (Å²) in [5.41, 5.74) is 7.55. The van der Waals surface area contributed by atoms with Crippen molar-refractivity contribution in [2.45, 2.75) is 38.6 Å². The molecule has 1 fully saturated rings. The van der Waals surface area contributed by atoms with E-state index in [9.17, 15) is 4.39 Å². The zero-order chi connectivity index (χ0) is 12.5. The quantitative estimate of drug-likeness (QED) is 0.884. The molecule has 3 nitrogen and oxygen atoms in total. The van der Waals surface area contributed by atoms with Crippen LogP contribution >= 0.6 is 0 Å². The fourth-order valence-electron chi connectivity index (χ4n) is 2.93. The number of fused-ring (bicyclic) bond motifs is 1. The fourth-order valence-corrected chi connectivity index (χ4v) is 2.93. The van der Waals surface area contributed by atoms with Crippen molar-refractivity contribution in [3.63, 3.8) is 0 Å². The van der Waals surface area contributed by atoms with Gasteiger partial charge in [-0.15, -0.1) is 0 Å². The number of aromatic nitrogens is 2. The second-order valence-corrected chi connectivity index (χ2v) is 5.22. The van der Waals surface area contributed by atoms with E-state index >= 15 is 0 Å². The lowest BCUT2D eigenvalue weighted by molar-refractivity contribution is 0.323. The number of imidazole rings is 1. The summed E-state index contributed by atoms with van der Waals surface area (Å²) in [5.74, 6) is 0.926. The van der Waals surface area contributed by atoms with Crippen molar-refractivity contribution in [3.8, 4) is 0 Å². The predicted molar refractivity (Wildman–Crippen MR) is 70.7 cm³/mol. The SMILES string of the molecule is Nc1nc2ccc(F)cc2n1CC1CCCCC1. The minimum absolute atomic E-state index is 0.229. The van der Waals surface area contributed by atoms with E-state index in [-0.39, 0.29) is 5.82 Å². The first-order valence-corrected chi connectivity index (χ1v) is 6.65. The van der Waals surface area contributed by atoms with Crippen LogP contribution in [0.4, 0.5) is 10.3 Å². The molecule has 1 aromatic carbocycles. The fraction of sp³-hybridized carbons (Fsp3) is 0.500. The molecular formula is C14H18FN3. The van der Waals surface area contributed by atoms with Crippen LogP contribution in [0.25, 0.3) is 11.0 Å². The lowest BCUT2D eigenvalue weighted by Gasteiger charge is -2.22. The zero-order valence-electron chi connectivity index (χ0n) is 10.4. The Hall–Kier alpha value is -1.58. The van der Waals surface area contributed by atoms with Crippen LogP contribution < -0.4 is 5.73 Å². The molecule has 0 unspecified atom stereocenters. The van der Waals surface area contributed by atoms with E-state index in [4.69, 9.17) is 5.73 Å². The van der Waals surface area contributed by atoms with Gasteiger partial charge in [-0.2, -0.15) is 0 Å². The van der Waals surface area contributed by atoms with Crippen molar-refractivity contribution >= 4 is 17.0 Å². The maximum atomic E-state index is 13.3. The van der Waals surface area contributed by atoms with Gasteiger partial charge >= 0.3 is 0 Å². The second kappa shape index (κ2) is 4.59. The molecule has 18 heavy (non-hydrogen) atoms. The summed E-state index contributed by atoms with van der Waals surface area (Å²) < 4.78 is 15.3. The minimum atomic E-state index is -0.229. The third kappa shape index (κ3) is 2.07. The number of anilines is 1. The Bertz CT molecular complexity index is 555. The summed E-state index contributed by atoms with van der Waals surface area (Å²) in [7, 11) is 0. The van der Waals surface area contributed by atoms with Crippen LogP contribution in [-0.4, -0.2) is 9.55 Å². The molecule has 0 atom stereocenters. The summed E-state index contributed by atoms with van der Waals surface area (Å²) in [5, 5.41) is 0. The average molecular weight is 247 g/mol. The van der Waals surface area contributed by atoms with Crippen LogP contribution in [0.1, 0.15) is 32.1 Å². The number of nitrogens with zero attached hydrogens (tertiary/aromatic N) is 2. The summed E-state index contributed by atoms with van der Waals surface area (Å²) in [6.07, 6.45) is 6.42. The normalized spacial score (nSPS) is 17.4. The van der Waals surface area contributed by atoms with Gasteiger partial charge in [-0.3, -0.25) is 0 Å². The zero-order valence-corrected chi connectivity index (χ0v) is 10.4. The maximum absolute atomic E-state index is 13.3. The van der Waals surface area contributed by atoms with Crippen molar-refractivity contribution in [2.24, 2.45) is 5.92 Å². The average Bonchev–Trinajstić information content (AvgIpc) is 2.67. The van der Waals surface area contributed by atoms with E-state index in [1.165, 1.54) is 44.2 Å². The standard InChI is InChI=1S/C14H18FN3/c15-11-6-7-12-13(8-11)18(14(16)17-12)9-10-4-2-1-3-5-10/h6-8,10H,1-5,9H2,(H2,16,17). The van der Waals surface area contributed by atoms with Crippen molar-refractivity contribution in [3.05, 3.63) is 24.0 Å². The highest BCUT2D eigenvalue weighted by atomic mass is 19.1. The highest BCUT2D eigenvalue weighted by Gasteiger charge is 2.17. The Morgan fingerprint density at radius 3 is 2.83 bits per heavy atom. The molecule has 0 aliphatic heterocycles. The lowest BCUT2D eigenvalue weighted by Crippen LogP contribution is -2.15. The molecule has 0 radical (unpaired) electrons. The molecule has 4 heteroatoms. The molecule has 0 spiro atoms. The van der Waals surface area contributed by atoms with Gasteiger partial charge in [-0.25, -0.2) is 9.37 Å². The first kappa shape index (κ1) is 11.5. The maximum Gasteiger partial charge on any atom is 0.201 e. The highest BCUT2D eigenvalue weighted by molar-refractivity contribution is 5.78. The monoisotopic (exact) mass is 247 g/mol. The van der Waals surface area contributed by atoms with Crippen LogP contribution in [-0.2, 0) is 6.54 Å². The summed E-state index contributed by atoms with van der Waals surface area (Å²) in [6, 6.07) is 4.65. The van der Waals surface area contributed by atoms with Gasteiger partial charge in [0.25, 0.3) is 0 Å². The number of hydrogen-bond acceptors (Lipinski definition) is 2. The van der Waals surface area contributed by atoms with Gasteiger partial charge < -0.3 is 10.3 Å². The van der Waals surface area contributed by atoms with Gasteiger partial charge in [0.2, 0.25) is 5.95 Å². The van der Waals surface area contributed by atoms with E-state index in [2.05, 4.69) is 4.98 Å². The molecule has 1 saturated carbocycles. The Balaban J connectivity index is 1.94.